The fourth-order valence-electron chi connectivity index (χ4n) is 1.27. The Balaban J connectivity index is 2.39. The first-order chi connectivity index (χ1) is 6.94. The standard InChI is InChI=1S/C10H13ClN2SSi/c1-15(2,3)13-10-12-8-5-4-7(11)6-9(8)14-10/h4-6H,1-3H3,(H,12,13). The molecule has 15 heavy (non-hydrogen) atoms. The molecule has 0 aliphatic rings. The highest BCUT2D eigenvalue weighted by Gasteiger charge is 2.15. The molecule has 0 saturated carbocycles. The van der Waals surface area contributed by atoms with Gasteiger partial charge in [-0.05, 0) is 18.2 Å². The van der Waals surface area contributed by atoms with Crippen molar-refractivity contribution in [1.82, 2.24) is 4.98 Å². The summed E-state index contributed by atoms with van der Waals surface area (Å²) >= 11 is 7.59. The highest BCUT2D eigenvalue weighted by Crippen LogP contribution is 2.29. The van der Waals surface area contributed by atoms with E-state index in [1.807, 2.05) is 18.2 Å². The average molecular weight is 257 g/mol. The van der Waals surface area contributed by atoms with Crippen LogP contribution >= 0.6 is 22.9 Å². The van der Waals surface area contributed by atoms with Gasteiger partial charge in [0.2, 0.25) is 0 Å². The lowest BCUT2D eigenvalue weighted by Gasteiger charge is -2.16. The van der Waals surface area contributed by atoms with Crippen LogP contribution < -0.4 is 4.98 Å². The number of fused-ring (bicyclic) bond motifs is 1. The van der Waals surface area contributed by atoms with Crippen LogP contribution in [0.5, 0.6) is 0 Å². The van der Waals surface area contributed by atoms with E-state index in [9.17, 15) is 0 Å². The number of benzene rings is 1. The van der Waals surface area contributed by atoms with Gasteiger partial charge >= 0.3 is 0 Å². The van der Waals surface area contributed by atoms with Crippen LogP contribution in [0.15, 0.2) is 18.2 Å². The summed E-state index contributed by atoms with van der Waals surface area (Å²) in [6.07, 6.45) is 0. The molecule has 0 aliphatic heterocycles. The molecule has 2 nitrogen and oxygen atoms in total. The van der Waals surface area contributed by atoms with Gasteiger partial charge in [0.25, 0.3) is 0 Å². The number of aromatic nitrogens is 1. The zero-order chi connectivity index (χ0) is 11.1. The van der Waals surface area contributed by atoms with Crippen LogP contribution in [0.4, 0.5) is 5.13 Å². The van der Waals surface area contributed by atoms with E-state index in [0.717, 1.165) is 20.4 Å². The summed E-state index contributed by atoms with van der Waals surface area (Å²) < 4.78 is 1.14. The molecule has 0 saturated heterocycles. The minimum Gasteiger partial charge on any atom is -0.388 e. The van der Waals surface area contributed by atoms with Crippen molar-refractivity contribution in [2.45, 2.75) is 19.6 Å². The van der Waals surface area contributed by atoms with Crippen molar-refractivity contribution in [1.29, 1.82) is 0 Å². The fourth-order valence-corrected chi connectivity index (χ4v) is 4.09. The van der Waals surface area contributed by atoms with Crippen molar-refractivity contribution in [3.05, 3.63) is 23.2 Å². The zero-order valence-electron chi connectivity index (χ0n) is 8.97. The minimum absolute atomic E-state index is 0.769. The molecule has 5 heteroatoms. The van der Waals surface area contributed by atoms with Crippen LogP contribution in [0, 0.1) is 0 Å². The third kappa shape index (κ3) is 2.71. The molecule has 1 aromatic carbocycles. The van der Waals surface area contributed by atoms with Crippen molar-refractivity contribution in [3.63, 3.8) is 0 Å². The van der Waals surface area contributed by atoms with Crippen LogP contribution in [-0.2, 0) is 0 Å². The molecule has 0 bridgehead atoms. The van der Waals surface area contributed by atoms with E-state index in [0.29, 0.717) is 0 Å². The van der Waals surface area contributed by atoms with Crippen LogP contribution in [0.2, 0.25) is 24.7 Å². The molecule has 2 aromatic rings. The normalized spacial score (nSPS) is 12.0. The third-order valence-corrected chi connectivity index (χ3v) is 4.17. The number of hydrogen-bond acceptors (Lipinski definition) is 3. The van der Waals surface area contributed by atoms with E-state index >= 15 is 0 Å². The van der Waals surface area contributed by atoms with Crippen molar-refractivity contribution in [2.75, 3.05) is 4.98 Å². The first kappa shape index (κ1) is 10.9. The molecule has 1 N–H and O–H groups in total. The summed E-state index contributed by atoms with van der Waals surface area (Å²) in [6.45, 7) is 6.77. The van der Waals surface area contributed by atoms with Crippen molar-refractivity contribution in [3.8, 4) is 0 Å². The smallest absolute Gasteiger partial charge is 0.175 e. The summed E-state index contributed by atoms with van der Waals surface area (Å²) in [4.78, 5) is 8.02. The van der Waals surface area contributed by atoms with Gasteiger partial charge in [0.05, 0.1) is 10.2 Å². The van der Waals surface area contributed by atoms with Gasteiger partial charge in [-0.25, -0.2) is 4.98 Å². The average Bonchev–Trinajstić information content (AvgIpc) is 2.42. The second kappa shape index (κ2) is 3.77. The van der Waals surface area contributed by atoms with E-state index in [-0.39, 0.29) is 0 Å². The van der Waals surface area contributed by atoms with E-state index in [4.69, 9.17) is 11.6 Å². The highest BCUT2D eigenvalue weighted by molar-refractivity contribution is 7.22. The van der Waals surface area contributed by atoms with Crippen molar-refractivity contribution in [2.24, 2.45) is 0 Å². The molecular formula is C10H13ClN2SSi. The largest absolute Gasteiger partial charge is 0.388 e. The van der Waals surface area contributed by atoms with Crippen LogP contribution in [-0.4, -0.2) is 13.2 Å². The summed E-state index contributed by atoms with van der Waals surface area (Å²) in [5.74, 6) is 0. The van der Waals surface area contributed by atoms with Gasteiger partial charge in [-0.3, -0.25) is 0 Å². The Morgan fingerprint density at radius 2 is 2.07 bits per heavy atom. The maximum absolute atomic E-state index is 5.93. The Kier molecular flexibility index (Phi) is 2.75. The van der Waals surface area contributed by atoms with Gasteiger partial charge in [-0.2, -0.15) is 0 Å². The highest BCUT2D eigenvalue weighted by atomic mass is 35.5. The maximum atomic E-state index is 5.93. The van der Waals surface area contributed by atoms with Gasteiger partial charge < -0.3 is 4.98 Å². The molecule has 1 aromatic heterocycles. The third-order valence-electron chi connectivity index (χ3n) is 1.83. The molecule has 0 unspecified atom stereocenters. The number of hydrogen-bond donors (Lipinski definition) is 1. The quantitative estimate of drug-likeness (QED) is 0.815. The van der Waals surface area contributed by atoms with Crippen molar-refractivity contribution < 1.29 is 0 Å². The summed E-state index contributed by atoms with van der Waals surface area (Å²) in [5, 5.41) is 1.78. The summed E-state index contributed by atoms with van der Waals surface area (Å²) in [5.41, 5.74) is 1.02. The molecular weight excluding hydrogens is 244 g/mol. The van der Waals surface area contributed by atoms with Gasteiger partial charge in [-0.1, -0.05) is 42.6 Å². The fraction of sp³-hybridized carbons (Fsp3) is 0.300. The van der Waals surface area contributed by atoms with Crippen LogP contribution in [0.1, 0.15) is 0 Å². The second-order valence-corrected chi connectivity index (χ2v) is 10.7. The zero-order valence-corrected chi connectivity index (χ0v) is 11.5. The first-order valence-electron chi connectivity index (χ1n) is 4.78. The maximum Gasteiger partial charge on any atom is 0.175 e. The molecule has 2 rings (SSSR count). The van der Waals surface area contributed by atoms with Gasteiger partial charge in [0, 0.05) is 5.02 Å². The molecule has 0 fully saturated rings. The Bertz CT molecular complexity index is 490. The lowest BCUT2D eigenvalue weighted by atomic mass is 10.3. The molecule has 0 aliphatic carbocycles. The van der Waals surface area contributed by atoms with Crippen LogP contribution in [0.25, 0.3) is 10.2 Å². The topological polar surface area (TPSA) is 24.9 Å². The Hall–Kier alpha value is -0.583. The monoisotopic (exact) mass is 256 g/mol. The molecule has 0 radical (unpaired) electrons. The number of anilines is 1. The second-order valence-electron chi connectivity index (χ2n) is 4.51. The van der Waals surface area contributed by atoms with E-state index in [2.05, 4.69) is 29.6 Å². The minimum atomic E-state index is -1.31. The van der Waals surface area contributed by atoms with E-state index in [1.165, 1.54) is 0 Å². The van der Waals surface area contributed by atoms with Crippen molar-refractivity contribution >= 4 is 46.5 Å². The Morgan fingerprint density at radius 1 is 1.33 bits per heavy atom. The molecule has 0 atom stereocenters. The Labute approximate surface area is 99.4 Å². The van der Waals surface area contributed by atoms with Crippen LogP contribution in [0.3, 0.4) is 0 Å². The lowest BCUT2D eigenvalue weighted by molar-refractivity contribution is 1.46. The SMILES string of the molecule is C[Si](C)(C)Nc1nc2ccc(Cl)cc2s1. The van der Waals surface area contributed by atoms with Gasteiger partial charge in [0.15, 0.2) is 5.13 Å². The number of rotatable bonds is 2. The van der Waals surface area contributed by atoms with Gasteiger partial charge in [0.1, 0.15) is 8.24 Å². The first-order valence-corrected chi connectivity index (χ1v) is 9.48. The predicted molar refractivity (Wildman–Crippen MR) is 71.6 cm³/mol. The summed E-state index contributed by atoms with van der Waals surface area (Å²) in [6, 6.07) is 5.80. The number of thiazole rings is 1. The number of halogens is 1. The number of nitrogens with one attached hydrogen (secondary N) is 1. The number of nitrogens with zero attached hydrogens (tertiary/aromatic N) is 1. The molecule has 0 amide bonds. The summed E-state index contributed by atoms with van der Waals surface area (Å²) in [7, 11) is -1.31. The van der Waals surface area contributed by atoms with E-state index in [1.54, 1.807) is 11.3 Å². The molecule has 0 spiro atoms. The molecule has 1 heterocycles. The predicted octanol–water partition coefficient (Wildman–Crippen LogP) is 4.20. The van der Waals surface area contributed by atoms with E-state index < -0.39 is 8.24 Å². The molecule has 80 valence electrons. The Morgan fingerprint density at radius 3 is 2.73 bits per heavy atom. The van der Waals surface area contributed by atoms with Gasteiger partial charge in [-0.15, -0.1) is 0 Å². The lowest BCUT2D eigenvalue weighted by Crippen LogP contribution is -2.31.